The van der Waals surface area contributed by atoms with E-state index < -0.39 is 32.7 Å². The first-order valence-corrected chi connectivity index (χ1v) is 9.29. The van der Waals surface area contributed by atoms with Crippen molar-refractivity contribution in [2.45, 2.75) is 50.3 Å². The van der Waals surface area contributed by atoms with Gasteiger partial charge in [-0.3, -0.25) is 0 Å². The predicted octanol–water partition coefficient (Wildman–Crippen LogP) is -0.220. The molecule has 3 N–H and O–H groups in total. The van der Waals surface area contributed by atoms with E-state index in [1.807, 2.05) is 0 Å². The molecule has 0 aromatic rings. The van der Waals surface area contributed by atoms with Gasteiger partial charge in [0.1, 0.15) is 18.3 Å². The molecule has 96 valence electrons. The molecule has 0 aliphatic carbocycles. The number of aliphatic hydroxyl groups excluding tert-OH is 3. The van der Waals surface area contributed by atoms with E-state index in [1.54, 1.807) is 0 Å². The summed E-state index contributed by atoms with van der Waals surface area (Å²) in [4.78, 5) is 0. The molecule has 1 aliphatic heterocycles. The molecule has 0 radical (unpaired) electrons. The third kappa shape index (κ3) is 4.12. The van der Waals surface area contributed by atoms with Crippen LogP contribution in [0.25, 0.3) is 0 Å². The van der Waals surface area contributed by atoms with Gasteiger partial charge in [-0.2, -0.15) is 0 Å². The molecule has 0 aromatic carbocycles. The van der Waals surface area contributed by atoms with Crippen LogP contribution in [0.15, 0.2) is 0 Å². The first kappa shape index (κ1) is 14.1. The van der Waals surface area contributed by atoms with Crippen molar-refractivity contribution in [3.63, 3.8) is 0 Å². The molecule has 0 bridgehead atoms. The van der Waals surface area contributed by atoms with E-state index in [1.165, 1.54) is 0 Å². The first-order valence-electron chi connectivity index (χ1n) is 5.59. The Labute approximate surface area is 97.0 Å². The van der Waals surface area contributed by atoms with Gasteiger partial charge in [0.2, 0.25) is 0 Å². The highest BCUT2D eigenvalue weighted by Crippen LogP contribution is 2.18. The molecule has 0 unspecified atom stereocenters. The second-order valence-corrected chi connectivity index (χ2v) is 11.1. The van der Waals surface area contributed by atoms with Gasteiger partial charge in [-0.25, -0.2) is 0 Å². The summed E-state index contributed by atoms with van der Waals surface area (Å²) in [6.45, 7) is 7.20. The van der Waals surface area contributed by atoms with Crippen molar-refractivity contribution in [2.24, 2.45) is 0 Å². The van der Waals surface area contributed by atoms with E-state index in [-0.39, 0.29) is 6.61 Å². The third-order valence-electron chi connectivity index (χ3n) is 2.59. The van der Waals surface area contributed by atoms with E-state index in [9.17, 15) is 15.3 Å². The van der Waals surface area contributed by atoms with Gasteiger partial charge >= 0.3 is 0 Å². The first-order chi connectivity index (χ1) is 7.31. The summed E-state index contributed by atoms with van der Waals surface area (Å²) in [6, 6.07) is 0.970. The summed E-state index contributed by atoms with van der Waals surface area (Å²) in [5.41, 5.74) is 0. The van der Waals surface area contributed by atoms with Crippen LogP contribution >= 0.6 is 0 Å². The van der Waals surface area contributed by atoms with Crippen LogP contribution in [0.1, 0.15) is 0 Å². The van der Waals surface area contributed by atoms with Crippen molar-refractivity contribution >= 4 is 8.07 Å². The van der Waals surface area contributed by atoms with Crippen LogP contribution < -0.4 is 0 Å². The van der Waals surface area contributed by atoms with Crippen molar-refractivity contribution in [1.29, 1.82) is 0 Å². The molecule has 1 saturated heterocycles. The van der Waals surface area contributed by atoms with Gasteiger partial charge in [0.15, 0.2) is 6.29 Å². The molecular formula is C10H22O5Si. The SMILES string of the molecule is C[Si](C)(C)CCO[C@@H]1OC[C@@H](O)[C@H](O)[C@H]1O. The molecule has 0 amide bonds. The quantitative estimate of drug-likeness (QED) is 0.601. The monoisotopic (exact) mass is 250 g/mol. The molecule has 0 spiro atoms. The molecule has 1 heterocycles. The van der Waals surface area contributed by atoms with Crippen molar-refractivity contribution < 1.29 is 24.8 Å². The lowest BCUT2D eigenvalue weighted by atomic mass is 10.1. The Morgan fingerprint density at radius 1 is 1.19 bits per heavy atom. The second kappa shape index (κ2) is 5.57. The third-order valence-corrected chi connectivity index (χ3v) is 4.29. The van der Waals surface area contributed by atoms with Gasteiger partial charge in [0, 0.05) is 14.7 Å². The average molecular weight is 250 g/mol. The number of hydrogen-bond donors (Lipinski definition) is 3. The molecule has 4 atom stereocenters. The normalized spacial score (nSPS) is 36.4. The molecule has 0 saturated carbocycles. The maximum atomic E-state index is 9.59. The van der Waals surface area contributed by atoms with Crippen molar-refractivity contribution in [1.82, 2.24) is 0 Å². The standard InChI is InChI=1S/C10H22O5Si/c1-16(2,3)5-4-14-10-9(13)8(12)7(11)6-15-10/h7-13H,4-6H2,1-3H3/t7-,8+,9-,10-/m1/s1. The highest BCUT2D eigenvalue weighted by molar-refractivity contribution is 6.76. The van der Waals surface area contributed by atoms with Crippen LogP contribution in [0, 0.1) is 0 Å². The lowest BCUT2D eigenvalue weighted by Gasteiger charge is -2.35. The van der Waals surface area contributed by atoms with Crippen LogP contribution in [0.5, 0.6) is 0 Å². The minimum Gasteiger partial charge on any atom is -0.388 e. The van der Waals surface area contributed by atoms with Crippen molar-refractivity contribution in [3.8, 4) is 0 Å². The number of rotatable bonds is 4. The van der Waals surface area contributed by atoms with Gasteiger partial charge in [0.05, 0.1) is 6.61 Å². The Hall–Kier alpha value is 0.0169. The average Bonchev–Trinajstić information content (AvgIpc) is 2.16. The molecular weight excluding hydrogens is 228 g/mol. The summed E-state index contributed by atoms with van der Waals surface area (Å²) in [7, 11) is -1.17. The minimum atomic E-state index is -1.19. The van der Waals surface area contributed by atoms with Crippen LogP contribution in [0.3, 0.4) is 0 Å². The lowest BCUT2D eigenvalue weighted by Crippen LogP contribution is -2.53. The van der Waals surface area contributed by atoms with Crippen molar-refractivity contribution in [3.05, 3.63) is 0 Å². The van der Waals surface area contributed by atoms with E-state index in [2.05, 4.69) is 19.6 Å². The number of aliphatic hydroxyl groups is 3. The largest absolute Gasteiger partial charge is 0.388 e. The maximum Gasteiger partial charge on any atom is 0.186 e. The van der Waals surface area contributed by atoms with Crippen molar-refractivity contribution in [2.75, 3.05) is 13.2 Å². The Morgan fingerprint density at radius 2 is 1.81 bits per heavy atom. The number of hydrogen-bond acceptors (Lipinski definition) is 5. The second-order valence-electron chi connectivity index (χ2n) is 5.43. The topological polar surface area (TPSA) is 79.2 Å². The maximum absolute atomic E-state index is 9.59. The van der Waals surface area contributed by atoms with Gasteiger partial charge < -0.3 is 24.8 Å². The summed E-state index contributed by atoms with van der Waals surface area (Å²) in [6.07, 6.45) is -4.22. The minimum absolute atomic E-state index is 0.00413. The highest BCUT2D eigenvalue weighted by Gasteiger charge is 2.38. The van der Waals surface area contributed by atoms with Crippen LogP contribution in [-0.2, 0) is 9.47 Å². The molecule has 5 nitrogen and oxygen atoms in total. The Morgan fingerprint density at radius 3 is 2.38 bits per heavy atom. The predicted molar refractivity (Wildman–Crippen MR) is 61.9 cm³/mol. The zero-order chi connectivity index (χ0) is 12.3. The summed E-state index contributed by atoms with van der Waals surface area (Å²) < 4.78 is 10.5. The fourth-order valence-electron chi connectivity index (χ4n) is 1.41. The Kier molecular flexibility index (Phi) is 4.90. The molecule has 1 rings (SSSR count). The van der Waals surface area contributed by atoms with E-state index in [0.717, 1.165) is 6.04 Å². The fraction of sp³-hybridized carbons (Fsp3) is 1.00. The summed E-state index contributed by atoms with van der Waals surface area (Å²) >= 11 is 0. The van der Waals surface area contributed by atoms with Gasteiger partial charge in [-0.1, -0.05) is 19.6 Å². The van der Waals surface area contributed by atoms with E-state index in [0.29, 0.717) is 6.61 Å². The van der Waals surface area contributed by atoms with Crippen LogP contribution in [-0.4, -0.2) is 61.2 Å². The van der Waals surface area contributed by atoms with Crippen LogP contribution in [0.4, 0.5) is 0 Å². The molecule has 0 aromatic heterocycles. The number of ether oxygens (including phenoxy) is 2. The Bertz CT molecular complexity index is 218. The molecule has 16 heavy (non-hydrogen) atoms. The molecule has 1 fully saturated rings. The zero-order valence-electron chi connectivity index (χ0n) is 10.1. The van der Waals surface area contributed by atoms with Gasteiger partial charge in [-0.15, -0.1) is 0 Å². The lowest BCUT2D eigenvalue weighted by molar-refractivity contribution is -0.268. The highest BCUT2D eigenvalue weighted by atomic mass is 28.3. The van der Waals surface area contributed by atoms with Crippen LogP contribution in [0.2, 0.25) is 25.7 Å². The Balaban J connectivity index is 2.32. The van der Waals surface area contributed by atoms with Gasteiger partial charge in [-0.05, 0) is 6.04 Å². The van der Waals surface area contributed by atoms with E-state index in [4.69, 9.17) is 9.47 Å². The summed E-state index contributed by atoms with van der Waals surface area (Å²) in [5, 5.41) is 28.3. The smallest absolute Gasteiger partial charge is 0.186 e. The summed E-state index contributed by atoms with van der Waals surface area (Å²) in [5.74, 6) is 0. The fourth-order valence-corrected chi connectivity index (χ4v) is 2.14. The van der Waals surface area contributed by atoms with Gasteiger partial charge in [0.25, 0.3) is 0 Å². The zero-order valence-corrected chi connectivity index (χ0v) is 11.1. The van der Waals surface area contributed by atoms with E-state index >= 15 is 0 Å². The molecule has 1 aliphatic rings. The molecule has 6 heteroatoms.